The Morgan fingerprint density at radius 3 is 2.80 bits per heavy atom. The third kappa shape index (κ3) is 5.22. The van der Waals surface area contributed by atoms with E-state index >= 15 is 0 Å². The Morgan fingerprint density at radius 1 is 1.50 bits per heavy atom. The van der Waals surface area contributed by atoms with Crippen molar-refractivity contribution >= 4 is 46.6 Å². The van der Waals surface area contributed by atoms with Gasteiger partial charge in [0.2, 0.25) is 5.91 Å². The number of ether oxygens (including phenoxy) is 1. The SMILES string of the molecule is COC(=O)c1sccc1NC(=O)CSC(C)CC(=O)O. The minimum Gasteiger partial charge on any atom is -0.481 e. The zero-order valence-electron chi connectivity index (χ0n) is 11.0. The van der Waals surface area contributed by atoms with Gasteiger partial charge in [-0.15, -0.1) is 23.1 Å². The number of rotatable bonds is 7. The number of thiophene rings is 1. The first-order chi connectivity index (χ1) is 9.43. The van der Waals surface area contributed by atoms with Crippen LogP contribution in [-0.2, 0) is 14.3 Å². The smallest absolute Gasteiger partial charge is 0.350 e. The van der Waals surface area contributed by atoms with E-state index in [9.17, 15) is 14.4 Å². The van der Waals surface area contributed by atoms with E-state index in [1.165, 1.54) is 30.2 Å². The number of amides is 1. The average molecular weight is 317 g/mol. The van der Waals surface area contributed by atoms with E-state index in [-0.39, 0.29) is 23.3 Å². The van der Waals surface area contributed by atoms with Crippen LogP contribution in [0.25, 0.3) is 0 Å². The van der Waals surface area contributed by atoms with Crippen LogP contribution in [0.5, 0.6) is 0 Å². The molecule has 0 saturated heterocycles. The molecular formula is C12H15NO5S2. The van der Waals surface area contributed by atoms with Crippen molar-refractivity contribution < 1.29 is 24.2 Å². The molecule has 1 aromatic rings. The number of methoxy groups -OCH3 is 1. The third-order valence-corrected chi connectivity index (χ3v) is 4.33. The summed E-state index contributed by atoms with van der Waals surface area (Å²) in [5.41, 5.74) is 0.415. The first-order valence-electron chi connectivity index (χ1n) is 5.73. The molecular weight excluding hydrogens is 302 g/mol. The van der Waals surface area contributed by atoms with Gasteiger partial charge in [-0.25, -0.2) is 4.79 Å². The molecule has 6 nitrogen and oxygen atoms in total. The van der Waals surface area contributed by atoms with Gasteiger partial charge >= 0.3 is 11.9 Å². The molecule has 0 aliphatic carbocycles. The third-order valence-electron chi connectivity index (χ3n) is 2.27. The number of carboxylic acids is 1. The molecule has 0 radical (unpaired) electrons. The number of thioether (sulfide) groups is 1. The molecule has 1 atom stereocenters. The summed E-state index contributed by atoms with van der Waals surface area (Å²) in [6.45, 7) is 1.75. The van der Waals surface area contributed by atoms with E-state index in [2.05, 4.69) is 10.1 Å². The Hall–Kier alpha value is -1.54. The largest absolute Gasteiger partial charge is 0.481 e. The highest BCUT2D eigenvalue weighted by Gasteiger charge is 2.16. The van der Waals surface area contributed by atoms with Crippen LogP contribution in [-0.4, -0.2) is 41.1 Å². The number of aliphatic carboxylic acids is 1. The van der Waals surface area contributed by atoms with Crippen LogP contribution in [0.15, 0.2) is 11.4 Å². The Morgan fingerprint density at radius 2 is 2.20 bits per heavy atom. The van der Waals surface area contributed by atoms with Crippen molar-refractivity contribution in [3.05, 3.63) is 16.3 Å². The summed E-state index contributed by atoms with van der Waals surface area (Å²) in [5.74, 6) is -1.54. The van der Waals surface area contributed by atoms with Crippen molar-refractivity contribution in [1.29, 1.82) is 0 Å². The van der Waals surface area contributed by atoms with Crippen LogP contribution in [0.2, 0.25) is 0 Å². The van der Waals surface area contributed by atoms with E-state index < -0.39 is 11.9 Å². The average Bonchev–Trinajstić information content (AvgIpc) is 2.82. The molecule has 0 fully saturated rings. The number of carbonyl (C=O) groups is 3. The Labute approximate surface area is 124 Å². The molecule has 0 aliphatic heterocycles. The molecule has 1 aromatic heterocycles. The second-order valence-corrected chi connectivity index (χ2v) is 6.27. The number of hydrogen-bond donors (Lipinski definition) is 2. The summed E-state index contributed by atoms with van der Waals surface area (Å²) in [6, 6.07) is 1.63. The molecule has 2 N–H and O–H groups in total. The van der Waals surface area contributed by atoms with Crippen LogP contribution >= 0.6 is 23.1 Å². The van der Waals surface area contributed by atoms with E-state index in [1.54, 1.807) is 18.4 Å². The van der Waals surface area contributed by atoms with Gasteiger partial charge in [0.25, 0.3) is 0 Å². The van der Waals surface area contributed by atoms with Gasteiger partial charge in [0.15, 0.2) is 0 Å². The molecule has 0 saturated carbocycles. The van der Waals surface area contributed by atoms with Crippen LogP contribution in [0.1, 0.15) is 23.0 Å². The number of esters is 1. The molecule has 0 aromatic carbocycles. The zero-order valence-corrected chi connectivity index (χ0v) is 12.7. The number of hydrogen-bond acceptors (Lipinski definition) is 6. The van der Waals surface area contributed by atoms with Crippen LogP contribution in [0, 0.1) is 0 Å². The standard InChI is InChI=1S/C12H15NO5S2/c1-7(5-10(15)16)20-6-9(14)13-8-3-4-19-11(8)12(17)18-2/h3-4,7H,5-6H2,1-2H3,(H,13,14)(H,15,16). The number of nitrogens with one attached hydrogen (secondary N) is 1. The summed E-state index contributed by atoms with van der Waals surface area (Å²) in [4.78, 5) is 34.0. The lowest BCUT2D eigenvalue weighted by molar-refractivity contribution is -0.136. The lowest BCUT2D eigenvalue weighted by Crippen LogP contribution is -2.18. The van der Waals surface area contributed by atoms with E-state index in [1.807, 2.05) is 0 Å². The predicted octanol–water partition coefficient (Wildman–Crippen LogP) is 2.07. The lowest BCUT2D eigenvalue weighted by atomic mass is 10.3. The van der Waals surface area contributed by atoms with E-state index in [0.29, 0.717) is 10.6 Å². The zero-order chi connectivity index (χ0) is 15.1. The fourth-order valence-corrected chi connectivity index (χ4v) is 2.90. The van der Waals surface area contributed by atoms with E-state index in [4.69, 9.17) is 5.11 Å². The van der Waals surface area contributed by atoms with Gasteiger partial charge in [0.05, 0.1) is 25.0 Å². The molecule has 0 spiro atoms. The van der Waals surface area contributed by atoms with Gasteiger partial charge in [-0.3, -0.25) is 9.59 Å². The number of anilines is 1. The molecule has 1 rings (SSSR count). The van der Waals surface area contributed by atoms with Crippen molar-refractivity contribution in [3.8, 4) is 0 Å². The van der Waals surface area contributed by atoms with Crippen molar-refractivity contribution in [2.45, 2.75) is 18.6 Å². The monoisotopic (exact) mass is 317 g/mol. The quantitative estimate of drug-likeness (QED) is 0.748. The minimum absolute atomic E-state index is 0.00378. The highest BCUT2D eigenvalue weighted by atomic mass is 32.2. The molecule has 1 amide bonds. The molecule has 1 heterocycles. The van der Waals surface area contributed by atoms with E-state index in [0.717, 1.165) is 0 Å². The molecule has 8 heteroatoms. The molecule has 20 heavy (non-hydrogen) atoms. The highest BCUT2D eigenvalue weighted by molar-refractivity contribution is 8.00. The topological polar surface area (TPSA) is 92.7 Å². The summed E-state index contributed by atoms with van der Waals surface area (Å²) in [6.07, 6.45) is 0.00378. The van der Waals surface area contributed by atoms with Gasteiger partial charge in [0.1, 0.15) is 4.88 Å². The highest BCUT2D eigenvalue weighted by Crippen LogP contribution is 2.23. The fourth-order valence-electron chi connectivity index (χ4n) is 1.37. The van der Waals surface area contributed by atoms with Gasteiger partial charge in [-0.2, -0.15) is 0 Å². The summed E-state index contributed by atoms with van der Waals surface area (Å²) < 4.78 is 4.61. The molecule has 1 unspecified atom stereocenters. The number of carbonyl (C=O) groups excluding carboxylic acids is 2. The minimum atomic E-state index is -0.892. The molecule has 0 bridgehead atoms. The Kier molecular flexibility index (Phi) is 6.53. The Bertz CT molecular complexity index is 500. The normalized spacial score (nSPS) is 11.7. The first kappa shape index (κ1) is 16.5. The van der Waals surface area contributed by atoms with Crippen LogP contribution in [0.4, 0.5) is 5.69 Å². The van der Waals surface area contributed by atoms with Crippen molar-refractivity contribution in [1.82, 2.24) is 0 Å². The van der Waals surface area contributed by atoms with Crippen LogP contribution in [0.3, 0.4) is 0 Å². The summed E-state index contributed by atoms with van der Waals surface area (Å²) in [7, 11) is 1.27. The molecule has 0 aliphatic rings. The van der Waals surface area contributed by atoms with Gasteiger partial charge in [-0.05, 0) is 11.4 Å². The first-order valence-corrected chi connectivity index (χ1v) is 7.66. The maximum atomic E-state index is 11.7. The van der Waals surface area contributed by atoms with Gasteiger partial charge in [0, 0.05) is 5.25 Å². The predicted molar refractivity (Wildman–Crippen MR) is 78.5 cm³/mol. The van der Waals surface area contributed by atoms with Crippen LogP contribution < -0.4 is 5.32 Å². The van der Waals surface area contributed by atoms with Crippen molar-refractivity contribution in [2.24, 2.45) is 0 Å². The summed E-state index contributed by atoms with van der Waals surface area (Å²) >= 11 is 2.43. The lowest BCUT2D eigenvalue weighted by Gasteiger charge is -2.09. The second-order valence-electron chi connectivity index (χ2n) is 3.92. The second kappa shape index (κ2) is 7.91. The maximum Gasteiger partial charge on any atom is 0.350 e. The Balaban J connectivity index is 2.49. The number of carboxylic acid groups (broad SMARTS) is 1. The van der Waals surface area contributed by atoms with Crippen molar-refractivity contribution in [3.63, 3.8) is 0 Å². The summed E-state index contributed by atoms with van der Waals surface area (Å²) in [5, 5.41) is 12.8. The molecule has 110 valence electrons. The maximum absolute atomic E-state index is 11.7. The van der Waals surface area contributed by atoms with Gasteiger partial charge in [-0.1, -0.05) is 6.92 Å². The van der Waals surface area contributed by atoms with Gasteiger partial charge < -0.3 is 15.2 Å². The fraction of sp³-hybridized carbons (Fsp3) is 0.417. The van der Waals surface area contributed by atoms with Crippen molar-refractivity contribution in [2.75, 3.05) is 18.2 Å².